The van der Waals surface area contributed by atoms with Crippen molar-refractivity contribution in [1.29, 1.82) is 0 Å². The first kappa shape index (κ1) is 14.3. The zero-order valence-corrected chi connectivity index (χ0v) is 12.6. The molecule has 19 heavy (non-hydrogen) atoms. The van der Waals surface area contributed by atoms with Gasteiger partial charge in [-0.05, 0) is 32.6 Å². The SMILES string of the molecule is CCC(CC1CC1)Nc1nc(C(C)(C)C(=O)O)cs1. The number of aromatic nitrogens is 1. The van der Waals surface area contributed by atoms with E-state index < -0.39 is 11.4 Å². The summed E-state index contributed by atoms with van der Waals surface area (Å²) in [6, 6.07) is 0.458. The minimum absolute atomic E-state index is 0.458. The second-order valence-corrected chi connectivity index (χ2v) is 6.75. The summed E-state index contributed by atoms with van der Waals surface area (Å²) in [6.07, 6.45) is 4.99. The Morgan fingerprint density at radius 2 is 2.32 bits per heavy atom. The minimum Gasteiger partial charge on any atom is -0.481 e. The van der Waals surface area contributed by atoms with Gasteiger partial charge in [-0.3, -0.25) is 4.79 Å². The van der Waals surface area contributed by atoms with E-state index in [2.05, 4.69) is 17.2 Å². The van der Waals surface area contributed by atoms with Crippen LogP contribution >= 0.6 is 11.3 Å². The Morgan fingerprint density at radius 3 is 2.84 bits per heavy atom. The molecule has 0 aliphatic heterocycles. The summed E-state index contributed by atoms with van der Waals surface area (Å²) in [5.74, 6) is 0.0433. The maximum absolute atomic E-state index is 11.2. The number of rotatable bonds is 7. The molecule has 0 bridgehead atoms. The largest absolute Gasteiger partial charge is 0.481 e. The molecule has 2 rings (SSSR count). The van der Waals surface area contributed by atoms with Gasteiger partial charge in [0.1, 0.15) is 5.41 Å². The lowest BCUT2D eigenvalue weighted by molar-refractivity contribution is -0.142. The minimum atomic E-state index is -0.922. The van der Waals surface area contributed by atoms with E-state index in [4.69, 9.17) is 0 Å². The molecule has 1 aliphatic rings. The maximum atomic E-state index is 11.2. The van der Waals surface area contributed by atoms with Crippen molar-refractivity contribution in [2.24, 2.45) is 5.92 Å². The predicted octanol–water partition coefficient (Wildman–Crippen LogP) is 3.50. The Morgan fingerprint density at radius 1 is 1.63 bits per heavy atom. The summed E-state index contributed by atoms with van der Waals surface area (Å²) in [5, 5.41) is 15.3. The van der Waals surface area contributed by atoms with Gasteiger partial charge in [-0.25, -0.2) is 4.98 Å². The number of anilines is 1. The molecular formula is C14H22N2O2S. The number of carboxylic acids is 1. The van der Waals surface area contributed by atoms with Crippen LogP contribution in [0, 0.1) is 5.92 Å². The average molecular weight is 282 g/mol. The molecule has 1 unspecified atom stereocenters. The number of hydrogen-bond donors (Lipinski definition) is 2. The fourth-order valence-corrected chi connectivity index (χ4v) is 2.95. The quantitative estimate of drug-likeness (QED) is 0.803. The third kappa shape index (κ3) is 3.47. The zero-order valence-electron chi connectivity index (χ0n) is 11.8. The highest BCUT2D eigenvalue weighted by Gasteiger charge is 2.32. The van der Waals surface area contributed by atoms with E-state index in [1.54, 1.807) is 13.8 Å². The topological polar surface area (TPSA) is 62.2 Å². The predicted molar refractivity (Wildman–Crippen MR) is 77.8 cm³/mol. The first-order valence-corrected chi connectivity index (χ1v) is 7.77. The number of nitrogens with one attached hydrogen (secondary N) is 1. The molecule has 0 radical (unpaired) electrons. The molecule has 5 heteroatoms. The molecule has 0 aromatic carbocycles. The van der Waals surface area contributed by atoms with E-state index in [1.807, 2.05) is 5.38 Å². The van der Waals surface area contributed by atoms with E-state index in [9.17, 15) is 9.90 Å². The summed E-state index contributed by atoms with van der Waals surface area (Å²) in [6.45, 7) is 5.56. The number of thiazole rings is 1. The van der Waals surface area contributed by atoms with Gasteiger partial charge >= 0.3 is 5.97 Å². The fraction of sp³-hybridized carbons (Fsp3) is 0.714. The van der Waals surface area contributed by atoms with E-state index >= 15 is 0 Å². The Bertz CT molecular complexity index is 452. The Balaban J connectivity index is 2.01. The van der Waals surface area contributed by atoms with Crippen LogP contribution in [0.1, 0.15) is 52.1 Å². The Kier molecular flexibility index (Phi) is 4.13. The van der Waals surface area contributed by atoms with Crippen LogP contribution in [0.4, 0.5) is 5.13 Å². The van der Waals surface area contributed by atoms with E-state index in [1.165, 1.54) is 30.6 Å². The van der Waals surface area contributed by atoms with Crippen LogP contribution in [0.2, 0.25) is 0 Å². The normalized spacial score (nSPS) is 17.2. The highest BCUT2D eigenvalue weighted by molar-refractivity contribution is 7.13. The monoisotopic (exact) mass is 282 g/mol. The fourth-order valence-electron chi connectivity index (χ4n) is 1.99. The van der Waals surface area contributed by atoms with Crippen molar-refractivity contribution in [2.75, 3.05) is 5.32 Å². The summed E-state index contributed by atoms with van der Waals surface area (Å²) < 4.78 is 0. The summed E-state index contributed by atoms with van der Waals surface area (Å²) >= 11 is 1.50. The van der Waals surface area contributed by atoms with Crippen LogP contribution in [0.15, 0.2) is 5.38 Å². The second kappa shape index (κ2) is 5.49. The number of carboxylic acid groups (broad SMARTS) is 1. The average Bonchev–Trinajstić information content (AvgIpc) is 3.03. The lowest BCUT2D eigenvalue weighted by Gasteiger charge is -2.17. The molecule has 1 heterocycles. The third-order valence-corrected chi connectivity index (χ3v) is 4.59. The lowest BCUT2D eigenvalue weighted by atomic mass is 9.90. The van der Waals surface area contributed by atoms with Crippen molar-refractivity contribution in [1.82, 2.24) is 4.98 Å². The molecule has 0 saturated heterocycles. The molecule has 0 amide bonds. The zero-order chi connectivity index (χ0) is 14.0. The van der Waals surface area contributed by atoms with Crippen LogP contribution in [0.25, 0.3) is 0 Å². The number of carbonyl (C=O) groups is 1. The molecule has 1 aliphatic carbocycles. The summed E-state index contributed by atoms with van der Waals surface area (Å²) in [5.41, 5.74) is -0.289. The molecule has 1 fully saturated rings. The van der Waals surface area contributed by atoms with Crippen LogP contribution in [-0.4, -0.2) is 22.1 Å². The van der Waals surface area contributed by atoms with Crippen LogP contribution < -0.4 is 5.32 Å². The first-order valence-electron chi connectivity index (χ1n) is 6.89. The molecular weight excluding hydrogens is 260 g/mol. The first-order chi connectivity index (χ1) is 8.93. The van der Waals surface area contributed by atoms with Gasteiger partial charge in [-0.15, -0.1) is 11.3 Å². The van der Waals surface area contributed by atoms with Crippen molar-refractivity contribution >= 4 is 22.4 Å². The number of aliphatic carboxylic acids is 1. The highest BCUT2D eigenvalue weighted by atomic mass is 32.1. The smallest absolute Gasteiger partial charge is 0.315 e. The van der Waals surface area contributed by atoms with Gasteiger partial charge in [0.25, 0.3) is 0 Å². The molecule has 106 valence electrons. The molecule has 4 nitrogen and oxygen atoms in total. The van der Waals surface area contributed by atoms with Crippen molar-refractivity contribution in [3.63, 3.8) is 0 Å². The van der Waals surface area contributed by atoms with Crippen molar-refractivity contribution in [3.05, 3.63) is 11.1 Å². The van der Waals surface area contributed by atoms with Gasteiger partial charge in [0.2, 0.25) is 0 Å². The Hall–Kier alpha value is -1.10. The number of nitrogens with zero attached hydrogens (tertiary/aromatic N) is 1. The van der Waals surface area contributed by atoms with Crippen molar-refractivity contribution in [2.45, 2.75) is 57.9 Å². The van der Waals surface area contributed by atoms with E-state index in [0.29, 0.717) is 11.7 Å². The highest BCUT2D eigenvalue weighted by Crippen LogP contribution is 2.35. The number of hydrogen-bond acceptors (Lipinski definition) is 4. The van der Waals surface area contributed by atoms with Crippen LogP contribution in [0.5, 0.6) is 0 Å². The molecule has 1 saturated carbocycles. The van der Waals surface area contributed by atoms with Crippen molar-refractivity contribution in [3.8, 4) is 0 Å². The van der Waals surface area contributed by atoms with Crippen molar-refractivity contribution < 1.29 is 9.90 Å². The molecule has 0 spiro atoms. The molecule has 2 N–H and O–H groups in total. The van der Waals surface area contributed by atoms with Gasteiger partial charge in [-0.1, -0.05) is 19.8 Å². The van der Waals surface area contributed by atoms with Gasteiger partial charge in [0, 0.05) is 11.4 Å². The third-order valence-electron chi connectivity index (χ3n) is 3.81. The van der Waals surface area contributed by atoms with Gasteiger partial charge in [0.15, 0.2) is 5.13 Å². The van der Waals surface area contributed by atoms with E-state index in [-0.39, 0.29) is 0 Å². The molecule has 1 aromatic rings. The van der Waals surface area contributed by atoms with Crippen LogP contribution in [0.3, 0.4) is 0 Å². The molecule has 1 atom stereocenters. The maximum Gasteiger partial charge on any atom is 0.315 e. The Labute approximate surface area is 118 Å². The molecule has 1 aromatic heterocycles. The van der Waals surface area contributed by atoms with Gasteiger partial charge in [0.05, 0.1) is 5.69 Å². The van der Waals surface area contributed by atoms with E-state index in [0.717, 1.165) is 17.5 Å². The summed E-state index contributed by atoms with van der Waals surface area (Å²) in [4.78, 5) is 15.7. The standard InChI is InChI=1S/C14H22N2O2S/c1-4-10(7-9-5-6-9)15-13-16-11(8-19-13)14(2,3)12(17)18/h8-10H,4-7H2,1-3H3,(H,15,16)(H,17,18). The summed E-state index contributed by atoms with van der Waals surface area (Å²) in [7, 11) is 0. The van der Waals surface area contributed by atoms with Gasteiger partial charge < -0.3 is 10.4 Å². The second-order valence-electron chi connectivity index (χ2n) is 5.90. The van der Waals surface area contributed by atoms with Gasteiger partial charge in [-0.2, -0.15) is 0 Å². The lowest BCUT2D eigenvalue weighted by Crippen LogP contribution is -2.29. The van der Waals surface area contributed by atoms with Crippen LogP contribution in [-0.2, 0) is 10.2 Å².